The van der Waals surface area contributed by atoms with Gasteiger partial charge in [0.15, 0.2) is 6.10 Å². The molecule has 0 aliphatic rings. The second-order valence-corrected chi connectivity index (χ2v) is 19.5. The van der Waals surface area contributed by atoms with E-state index in [-0.39, 0.29) is 31.6 Å². The van der Waals surface area contributed by atoms with Crippen LogP contribution in [0.2, 0.25) is 0 Å². The second kappa shape index (κ2) is 59.6. The lowest BCUT2D eigenvalue weighted by atomic mass is 10.0. The molecule has 410 valence electrons. The van der Waals surface area contributed by atoms with E-state index in [1.165, 1.54) is 128 Å². The first-order chi connectivity index (χ1) is 35.5. The summed E-state index contributed by atoms with van der Waals surface area (Å²) in [5, 5.41) is 0. The van der Waals surface area contributed by atoms with Crippen LogP contribution in [0.5, 0.6) is 0 Å². The SMILES string of the molecule is CC/C=C\C/C=C\C/C=C\C/C=C\C/C=C\C/C=C\CCC(=O)OC(COC(=O)CCCCCCC/C=C\CCCCC)COC(=O)CCCCCCCCCCCCC/C=C\C/C=C\CCCCCCC. The van der Waals surface area contributed by atoms with Crippen molar-refractivity contribution in [1.29, 1.82) is 0 Å². The summed E-state index contributed by atoms with van der Waals surface area (Å²) in [6, 6.07) is 0. The van der Waals surface area contributed by atoms with Crippen molar-refractivity contribution in [3.8, 4) is 0 Å². The third-order valence-electron chi connectivity index (χ3n) is 12.5. The van der Waals surface area contributed by atoms with E-state index in [2.05, 4.69) is 124 Å². The van der Waals surface area contributed by atoms with Gasteiger partial charge in [-0.3, -0.25) is 14.4 Å². The monoisotopic (exact) mass is 999 g/mol. The highest BCUT2D eigenvalue weighted by molar-refractivity contribution is 5.71. The van der Waals surface area contributed by atoms with Crippen LogP contribution in [0.15, 0.2) is 109 Å². The summed E-state index contributed by atoms with van der Waals surface area (Å²) in [6.45, 7) is 6.43. The Kier molecular flexibility index (Phi) is 56.4. The summed E-state index contributed by atoms with van der Waals surface area (Å²) in [5.41, 5.74) is 0. The molecule has 0 aliphatic carbocycles. The van der Waals surface area contributed by atoms with E-state index < -0.39 is 12.1 Å². The molecule has 0 fully saturated rings. The lowest BCUT2D eigenvalue weighted by Crippen LogP contribution is -2.30. The quantitative estimate of drug-likeness (QED) is 0.0261. The van der Waals surface area contributed by atoms with Crippen LogP contribution in [0.25, 0.3) is 0 Å². The van der Waals surface area contributed by atoms with Crippen LogP contribution < -0.4 is 0 Å². The first kappa shape index (κ1) is 68.1. The summed E-state index contributed by atoms with van der Waals surface area (Å²) in [5.74, 6) is -1.01. The van der Waals surface area contributed by atoms with Gasteiger partial charge in [-0.15, -0.1) is 0 Å². The Labute approximate surface area is 444 Å². The highest BCUT2D eigenvalue weighted by Gasteiger charge is 2.19. The van der Waals surface area contributed by atoms with E-state index in [1.807, 2.05) is 6.08 Å². The van der Waals surface area contributed by atoms with Crippen LogP contribution in [0.1, 0.15) is 271 Å². The number of allylic oxidation sites excluding steroid dienone is 18. The normalized spacial score (nSPS) is 12.9. The Balaban J connectivity index is 4.43. The van der Waals surface area contributed by atoms with Crippen LogP contribution in [-0.4, -0.2) is 37.2 Å². The molecular formula is C66H110O6. The molecule has 0 aromatic carbocycles. The summed E-state index contributed by atoms with van der Waals surface area (Å²) in [4.78, 5) is 38.1. The van der Waals surface area contributed by atoms with Crippen molar-refractivity contribution in [2.75, 3.05) is 13.2 Å². The molecule has 6 nitrogen and oxygen atoms in total. The third kappa shape index (κ3) is 57.0. The van der Waals surface area contributed by atoms with Crippen LogP contribution in [0, 0.1) is 0 Å². The molecule has 0 heterocycles. The summed E-state index contributed by atoms with van der Waals surface area (Å²) < 4.78 is 16.8. The van der Waals surface area contributed by atoms with Crippen molar-refractivity contribution in [3.63, 3.8) is 0 Å². The Morgan fingerprint density at radius 2 is 0.569 bits per heavy atom. The van der Waals surface area contributed by atoms with Crippen molar-refractivity contribution in [2.45, 2.75) is 277 Å². The van der Waals surface area contributed by atoms with Crippen LogP contribution in [0.4, 0.5) is 0 Å². The Hall–Kier alpha value is -3.93. The molecule has 0 rings (SSSR count). The molecule has 6 heteroatoms. The lowest BCUT2D eigenvalue weighted by Gasteiger charge is -2.18. The van der Waals surface area contributed by atoms with Gasteiger partial charge in [-0.25, -0.2) is 0 Å². The van der Waals surface area contributed by atoms with Crippen molar-refractivity contribution in [3.05, 3.63) is 109 Å². The number of unbranched alkanes of at least 4 members (excludes halogenated alkanes) is 24. The summed E-state index contributed by atoms with van der Waals surface area (Å²) >= 11 is 0. The van der Waals surface area contributed by atoms with E-state index in [4.69, 9.17) is 14.2 Å². The summed E-state index contributed by atoms with van der Waals surface area (Å²) in [6.07, 6.45) is 81.0. The molecule has 0 N–H and O–H groups in total. The van der Waals surface area contributed by atoms with Gasteiger partial charge in [-0.1, -0.05) is 246 Å². The van der Waals surface area contributed by atoms with Crippen molar-refractivity contribution in [2.24, 2.45) is 0 Å². The molecule has 0 amide bonds. The molecule has 0 saturated heterocycles. The van der Waals surface area contributed by atoms with E-state index in [0.29, 0.717) is 19.3 Å². The first-order valence-electron chi connectivity index (χ1n) is 29.9. The molecule has 0 radical (unpaired) electrons. The van der Waals surface area contributed by atoms with Gasteiger partial charge in [0.1, 0.15) is 13.2 Å². The predicted molar refractivity (Wildman–Crippen MR) is 311 cm³/mol. The number of hydrogen-bond donors (Lipinski definition) is 0. The number of rotatable bonds is 53. The number of esters is 3. The van der Waals surface area contributed by atoms with E-state index in [9.17, 15) is 14.4 Å². The Morgan fingerprint density at radius 3 is 0.944 bits per heavy atom. The maximum atomic E-state index is 12.8. The van der Waals surface area contributed by atoms with Crippen LogP contribution >= 0.6 is 0 Å². The standard InChI is InChI=1S/C66H110O6/c1-4-7-10-13-16-19-22-25-27-29-31-32-33-34-36-37-39-41-44-47-50-53-56-59-65(68)71-62-63(61-70-64(67)58-55-52-49-46-43-24-21-18-15-12-9-6-3)72-66(69)60-57-54-51-48-45-42-40-38-35-30-28-26-23-20-17-14-11-8-5-2/h8,11,17-18,20-22,25-26,28-29,31,35,38,42,45,51,54,63H,4-7,9-10,12-16,19,23-24,27,30,32-34,36-37,39-41,43-44,46-50,52-53,55-62H2,1-3H3/b11-8-,20-17-,21-18-,25-22-,28-26-,31-29-,38-35-,45-42-,54-51-. The largest absolute Gasteiger partial charge is 0.462 e. The fraction of sp³-hybridized carbons (Fsp3) is 0.682. The minimum absolute atomic E-state index is 0.113. The molecule has 0 aromatic heterocycles. The fourth-order valence-corrected chi connectivity index (χ4v) is 8.02. The molecule has 0 aromatic rings. The Bertz CT molecular complexity index is 1470. The molecule has 0 spiro atoms. The zero-order valence-corrected chi connectivity index (χ0v) is 46.9. The Morgan fingerprint density at radius 1 is 0.292 bits per heavy atom. The maximum absolute atomic E-state index is 12.8. The summed E-state index contributed by atoms with van der Waals surface area (Å²) in [7, 11) is 0. The average Bonchev–Trinajstić information content (AvgIpc) is 3.38. The number of ether oxygens (including phenoxy) is 3. The van der Waals surface area contributed by atoms with Crippen LogP contribution in [-0.2, 0) is 28.6 Å². The minimum Gasteiger partial charge on any atom is -0.462 e. The van der Waals surface area contributed by atoms with Gasteiger partial charge in [-0.05, 0) is 116 Å². The topological polar surface area (TPSA) is 78.9 Å². The lowest BCUT2D eigenvalue weighted by molar-refractivity contribution is -0.166. The van der Waals surface area contributed by atoms with E-state index >= 15 is 0 Å². The molecule has 72 heavy (non-hydrogen) atoms. The van der Waals surface area contributed by atoms with Crippen LogP contribution in [0.3, 0.4) is 0 Å². The van der Waals surface area contributed by atoms with Crippen molar-refractivity contribution >= 4 is 17.9 Å². The fourth-order valence-electron chi connectivity index (χ4n) is 8.02. The van der Waals surface area contributed by atoms with Gasteiger partial charge in [-0.2, -0.15) is 0 Å². The zero-order valence-electron chi connectivity index (χ0n) is 46.9. The minimum atomic E-state index is -0.824. The van der Waals surface area contributed by atoms with E-state index in [0.717, 1.165) is 96.3 Å². The van der Waals surface area contributed by atoms with Gasteiger partial charge in [0, 0.05) is 19.3 Å². The molecule has 0 aliphatic heterocycles. The average molecular weight is 1000 g/mol. The second-order valence-electron chi connectivity index (χ2n) is 19.5. The van der Waals surface area contributed by atoms with Gasteiger partial charge >= 0.3 is 17.9 Å². The number of hydrogen-bond acceptors (Lipinski definition) is 6. The predicted octanol–water partition coefficient (Wildman–Crippen LogP) is 20.3. The smallest absolute Gasteiger partial charge is 0.306 e. The first-order valence-corrected chi connectivity index (χ1v) is 29.9. The van der Waals surface area contributed by atoms with Crippen molar-refractivity contribution < 1.29 is 28.6 Å². The van der Waals surface area contributed by atoms with Gasteiger partial charge in [0.2, 0.25) is 0 Å². The molecule has 0 saturated carbocycles. The van der Waals surface area contributed by atoms with Crippen molar-refractivity contribution in [1.82, 2.24) is 0 Å². The molecule has 1 atom stereocenters. The molecule has 0 bridgehead atoms. The molecule has 1 unspecified atom stereocenters. The molecular weight excluding hydrogens is 889 g/mol. The number of carbonyl (C=O) groups is 3. The van der Waals surface area contributed by atoms with E-state index in [1.54, 1.807) is 0 Å². The zero-order chi connectivity index (χ0) is 52.2. The third-order valence-corrected chi connectivity index (χ3v) is 12.5. The highest BCUT2D eigenvalue weighted by Crippen LogP contribution is 2.15. The highest BCUT2D eigenvalue weighted by atomic mass is 16.6. The number of carbonyl (C=O) groups excluding carboxylic acids is 3. The van der Waals surface area contributed by atoms with Gasteiger partial charge in [0.25, 0.3) is 0 Å². The van der Waals surface area contributed by atoms with Gasteiger partial charge in [0.05, 0.1) is 0 Å². The van der Waals surface area contributed by atoms with Gasteiger partial charge < -0.3 is 14.2 Å². The maximum Gasteiger partial charge on any atom is 0.306 e.